The lowest BCUT2D eigenvalue weighted by molar-refractivity contribution is -0.137. The average molecular weight is 587 g/mol. The van der Waals surface area contributed by atoms with E-state index in [-0.39, 0.29) is 67.9 Å². The molecule has 2 atom stereocenters. The normalized spacial score (nSPS) is 21.2. The average Bonchev–Trinajstić information content (AvgIpc) is 3.78. The number of pyridine rings is 1. The number of amides is 3. The van der Waals surface area contributed by atoms with Gasteiger partial charge in [0, 0.05) is 25.6 Å². The number of hydrogen-bond donors (Lipinski definition) is 2. The number of nitrogens with one attached hydrogen (secondary N) is 1. The number of aryl methyl sites for hydroxylation is 1. The van der Waals surface area contributed by atoms with Crippen molar-refractivity contribution in [2.75, 3.05) is 26.7 Å². The SMILES string of the molecule is COc1cc2ccc1Oc1cccc(c1)CO[C@H]1CN(C(=O)c3ccc(O)cn3)C[C@@H]1NC(=O)CN(C1CC1)C(=O)CC2. The largest absolute Gasteiger partial charge is 0.506 e. The van der Waals surface area contributed by atoms with Crippen molar-refractivity contribution < 1.29 is 33.7 Å². The maximum atomic E-state index is 13.3. The van der Waals surface area contributed by atoms with Gasteiger partial charge in [0.15, 0.2) is 11.5 Å². The van der Waals surface area contributed by atoms with Crippen LogP contribution in [-0.2, 0) is 27.4 Å². The van der Waals surface area contributed by atoms with Crippen LogP contribution < -0.4 is 14.8 Å². The number of likely N-dealkylation sites (tertiary alicyclic amines) is 1. The Morgan fingerprint density at radius 2 is 1.91 bits per heavy atom. The second kappa shape index (κ2) is 12.3. The number of aromatic hydroxyl groups is 1. The third kappa shape index (κ3) is 6.72. The first-order valence-electron chi connectivity index (χ1n) is 14.4. The molecular formula is C32H34N4O7. The molecule has 1 aliphatic carbocycles. The summed E-state index contributed by atoms with van der Waals surface area (Å²) in [6, 6.07) is 15.6. The van der Waals surface area contributed by atoms with Crippen LogP contribution in [0.1, 0.15) is 40.9 Å². The summed E-state index contributed by atoms with van der Waals surface area (Å²) in [4.78, 5) is 47.1. The van der Waals surface area contributed by atoms with Gasteiger partial charge < -0.3 is 34.4 Å². The molecule has 43 heavy (non-hydrogen) atoms. The van der Waals surface area contributed by atoms with Crippen molar-refractivity contribution in [1.82, 2.24) is 20.1 Å². The summed E-state index contributed by atoms with van der Waals surface area (Å²) in [5.74, 6) is 0.971. The van der Waals surface area contributed by atoms with E-state index >= 15 is 0 Å². The van der Waals surface area contributed by atoms with Gasteiger partial charge in [0.25, 0.3) is 5.91 Å². The van der Waals surface area contributed by atoms with Gasteiger partial charge in [-0.1, -0.05) is 18.2 Å². The zero-order chi connectivity index (χ0) is 29.9. The van der Waals surface area contributed by atoms with Crippen LogP contribution in [0, 0.1) is 0 Å². The molecule has 3 aliphatic heterocycles. The van der Waals surface area contributed by atoms with Crippen LogP contribution in [0.2, 0.25) is 0 Å². The van der Waals surface area contributed by atoms with Gasteiger partial charge in [0.2, 0.25) is 11.8 Å². The molecule has 0 spiro atoms. The number of nitrogens with zero attached hydrogens (tertiary/aromatic N) is 3. The zero-order valence-corrected chi connectivity index (χ0v) is 23.9. The summed E-state index contributed by atoms with van der Waals surface area (Å²) < 4.78 is 18.0. The van der Waals surface area contributed by atoms with Crippen molar-refractivity contribution in [2.45, 2.75) is 50.5 Å². The molecule has 7 rings (SSSR count). The van der Waals surface area contributed by atoms with E-state index in [2.05, 4.69) is 10.3 Å². The summed E-state index contributed by atoms with van der Waals surface area (Å²) in [6.07, 6.45) is 3.21. The molecule has 1 saturated heterocycles. The number of benzene rings is 2. The van der Waals surface area contributed by atoms with Gasteiger partial charge in [-0.05, 0) is 66.8 Å². The van der Waals surface area contributed by atoms with Crippen molar-refractivity contribution in [3.05, 3.63) is 77.6 Å². The number of rotatable bonds is 3. The Morgan fingerprint density at radius 3 is 2.67 bits per heavy atom. The molecule has 1 saturated carbocycles. The molecular weight excluding hydrogens is 552 g/mol. The predicted octanol–water partition coefficient (Wildman–Crippen LogP) is 3.05. The summed E-state index contributed by atoms with van der Waals surface area (Å²) in [5, 5.41) is 12.6. The highest BCUT2D eigenvalue weighted by atomic mass is 16.5. The molecule has 3 aromatic rings. The summed E-state index contributed by atoms with van der Waals surface area (Å²) >= 11 is 0. The van der Waals surface area contributed by atoms with E-state index in [4.69, 9.17) is 14.2 Å². The molecule has 2 aromatic carbocycles. The van der Waals surface area contributed by atoms with Crippen LogP contribution in [0.5, 0.6) is 23.0 Å². The van der Waals surface area contributed by atoms with E-state index in [1.807, 2.05) is 42.5 Å². The minimum Gasteiger partial charge on any atom is -0.506 e. The highest BCUT2D eigenvalue weighted by Gasteiger charge is 2.39. The molecule has 0 radical (unpaired) electrons. The number of carbonyl (C=O) groups is 3. The third-order valence-electron chi connectivity index (χ3n) is 7.93. The number of fused-ring (bicyclic) bond motifs is 9. The Bertz CT molecular complexity index is 1510. The van der Waals surface area contributed by atoms with Crippen molar-refractivity contribution in [1.29, 1.82) is 0 Å². The second-order valence-electron chi connectivity index (χ2n) is 11.1. The number of aromatic nitrogens is 1. The van der Waals surface area contributed by atoms with Gasteiger partial charge in [0.1, 0.15) is 17.2 Å². The molecule has 0 unspecified atom stereocenters. The zero-order valence-electron chi connectivity index (χ0n) is 23.9. The van der Waals surface area contributed by atoms with Crippen LogP contribution in [0.15, 0.2) is 60.8 Å². The summed E-state index contributed by atoms with van der Waals surface area (Å²) in [6.45, 7) is 0.609. The van der Waals surface area contributed by atoms with Crippen LogP contribution in [0.4, 0.5) is 0 Å². The maximum absolute atomic E-state index is 13.3. The van der Waals surface area contributed by atoms with Gasteiger partial charge in [-0.2, -0.15) is 0 Å². The van der Waals surface area contributed by atoms with E-state index in [9.17, 15) is 19.5 Å². The molecule has 3 amide bonds. The molecule has 4 bridgehead atoms. The number of methoxy groups -OCH3 is 1. The quantitative estimate of drug-likeness (QED) is 0.479. The fourth-order valence-corrected chi connectivity index (χ4v) is 5.51. The van der Waals surface area contributed by atoms with Crippen molar-refractivity contribution in [2.24, 2.45) is 0 Å². The topological polar surface area (TPSA) is 131 Å². The van der Waals surface area contributed by atoms with Gasteiger partial charge in [-0.25, -0.2) is 4.98 Å². The van der Waals surface area contributed by atoms with Gasteiger partial charge >= 0.3 is 0 Å². The lowest BCUT2D eigenvalue weighted by atomic mass is 10.1. The first-order chi connectivity index (χ1) is 20.9. The molecule has 2 N–H and O–H groups in total. The highest BCUT2D eigenvalue weighted by molar-refractivity contribution is 5.93. The van der Waals surface area contributed by atoms with E-state index in [0.29, 0.717) is 23.7 Å². The van der Waals surface area contributed by atoms with Gasteiger partial charge in [0.05, 0.1) is 38.6 Å². The molecule has 224 valence electrons. The lowest BCUT2D eigenvalue weighted by Gasteiger charge is -2.25. The molecule has 1 aromatic heterocycles. The fraction of sp³-hybridized carbons (Fsp3) is 0.375. The molecule has 4 aliphatic rings. The van der Waals surface area contributed by atoms with E-state index in [0.717, 1.165) is 24.0 Å². The minimum atomic E-state index is -0.505. The highest BCUT2D eigenvalue weighted by Crippen LogP contribution is 2.34. The maximum Gasteiger partial charge on any atom is 0.272 e. The van der Waals surface area contributed by atoms with Crippen LogP contribution >= 0.6 is 0 Å². The number of ether oxygens (including phenoxy) is 3. The molecule has 4 heterocycles. The summed E-state index contributed by atoms with van der Waals surface area (Å²) in [7, 11) is 1.58. The Kier molecular flexibility index (Phi) is 8.15. The third-order valence-corrected chi connectivity index (χ3v) is 7.93. The first-order valence-corrected chi connectivity index (χ1v) is 14.4. The lowest BCUT2D eigenvalue weighted by Crippen LogP contribution is -2.49. The predicted molar refractivity (Wildman–Crippen MR) is 155 cm³/mol. The molecule has 11 heteroatoms. The van der Waals surface area contributed by atoms with E-state index < -0.39 is 12.1 Å². The van der Waals surface area contributed by atoms with Crippen LogP contribution in [0.25, 0.3) is 0 Å². The van der Waals surface area contributed by atoms with Crippen LogP contribution in [0.3, 0.4) is 0 Å². The van der Waals surface area contributed by atoms with Gasteiger partial charge in [-0.15, -0.1) is 0 Å². The Morgan fingerprint density at radius 1 is 1.05 bits per heavy atom. The second-order valence-corrected chi connectivity index (χ2v) is 11.1. The van der Waals surface area contributed by atoms with Crippen LogP contribution in [-0.4, -0.2) is 82.5 Å². The standard InChI is InChI=1S/C32H34N4O7/c1-41-28-14-20-5-11-27(28)43-24-4-2-3-21(13-24)19-42-29-17-35(32(40)25-10-9-23(37)15-33-25)16-26(29)34-30(38)18-36(22-7-8-22)31(39)12-6-20/h2-5,9-11,13-15,22,26,29,37H,6-8,12,16-19H2,1H3,(H,34,38)/t26-,29-/m0/s1. The monoisotopic (exact) mass is 586 g/mol. The fourth-order valence-electron chi connectivity index (χ4n) is 5.51. The first kappa shape index (κ1) is 28.5. The Hall–Kier alpha value is -4.64. The summed E-state index contributed by atoms with van der Waals surface area (Å²) in [5.41, 5.74) is 1.97. The number of carbonyl (C=O) groups excluding carboxylic acids is 3. The number of hydrogen-bond acceptors (Lipinski definition) is 8. The van der Waals surface area contributed by atoms with E-state index in [1.54, 1.807) is 16.9 Å². The smallest absolute Gasteiger partial charge is 0.272 e. The molecule has 11 nitrogen and oxygen atoms in total. The van der Waals surface area contributed by atoms with Crippen molar-refractivity contribution >= 4 is 17.7 Å². The van der Waals surface area contributed by atoms with Crippen molar-refractivity contribution in [3.63, 3.8) is 0 Å². The van der Waals surface area contributed by atoms with E-state index in [1.165, 1.54) is 18.3 Å². The van der Waals surface area contributed by atoms with Crippen molar-refractivity contribution in [3.8, 4) is 23.0 Å². The van der Waals surface area contributed by atoms with Gasteiger partial charge in [-0.3, -0.25) is 14.4 Å². The Balaban J connectivity index is 1.27. The molecule has 2 fully saturated rings. The minimum absolute atomic E-state index is 0.0356. The Labute approximate surface area is 249 Å².